The van der Waals surface area contributed by atoms with Crippen molar-refractivity contribution in [1.82, 2.24) is 0 Å². The van der Waals surface area contributed by atoms with E-state index in [-0.39, 0.29) is 5.84 Å². The third kappa shape index (κ3) is 1.16. The van der Waals surface area contributed by atoms with E-state index in [1.165, 1.54) is 0 Å². The van der Waals surface area contributed by atoms with Crippen LogP contribution in [0, 0.1) is 33.5 Å². The average Bonchev–Trinajstić information content (AvgIpc) is 2.83. The van der Waals surface area contributed by atoms with Crippen molar-refractivity contribution in [3.8, 4) is 12.1 Å². The van der Waals surface area contributed by atoms with Crippen molar-refractivity contribution < 1.29 is 9.47 Å². The smallest absolute Gasteiger partial charge is 0.293 e. The number of hydrogen-bond donors (Lipinski definition) is 1. The summed E-state index contributed by atoms with van der Waals surface area (Å²) in [6, 6.07) is 11.6. The number of halogens is 1. The van der Waals surface area contributed by atoms with Crippen molar-refractivity contribution in [2.45, 2.75) is 18.2 Å². The van der Waals surface area contributed by atoms with Gasteiger partial charge in [-0.15, -0.1) is 0 Å². The van der Waals surface area contributed by atoms with Crippen molar-refractivity contribution >= 4 is 17.4 Å². The molecule has 3 aliphatic rings. The van der Waals surface area contributed by atoms with Crippen LogP contribution in [-0.2, 0) is 14.9 Å². The molecular weight excluding hydrogens is 316 g/mol. The minimum Gasteiger partial charge on any atom is -0.386 e. The third-order valence-corrected chi connectivity index (χ3v) is 5.81. The maximum absolute atomic E-state index is 10.0. The van der Waals surface area contributed by atoms with Gasteiger partial charge in [0.2, 0.25) is 0 Å². The number of nitrogens with zero attached hydrogens (tertiary/aromatic N) is 3. The maximum Gasteiger partial charge on any atom is 0.293 e. The van der Waals surface area contributed by atoms with Gasteiger partial charge in [0.05, 0.1) is 25.4 Å². The van der Waals surface area contributed by atoms with E-state index in [4.69, 9.17) is 26.8 Å². The van der Waals surface area contributed by atoms with Crippen LogP contribution in [0.25, 0.3) is 0 Å². The van der Waals surface area contributed by atoms with E-state index in [2.05, 4.69) is 17.1 Å². The first kappa shape index (κ1) is 14.5. The van der Waals surface area contributed by atoms with Gasteiger partial charge in [-0.1, -0.05) is 30.7 Å². The molecule has 0 unspecified atom stereocenters. The van der Waals surface area contributed by atoms with E-state index in [0.717, 1.165) is 5.56 Å². The number of amidine groups is 1. The largest absolute Gasteiger partial charge is 0.386 e. The van der Waals surface area contributed by atoms with Crippen LogP contribution < -0.4 is 5.73 Å². The predicted octanol–water partition coefficient (Wildman–Crippen LogP) is 1.70. The molecule has 1 aromatic carbocycles. The fraction of sp³-hybridized carbons (Fsp3) is 0.438. The Balaban J connectivity index is 2.00. The Morgan fingerprint density at radius 3 is 2.30 bits per heavy atom. The number of nitrogens with two attached hydrogens (primary N) is 1. The quantitative estimate of drug-likeness (QED) is 0.844. The van der Waals surface area contributed by atoms with Crippen molar-refractivity contribution in [3.63, 3.8) is 0 Å². The van der Waals surface area contributed by atoms with E-state index >= 15 is 0 Å². The lowest BCUT2D eigenvalue weighted by molar-refractivity contribution is -0.187. The fourth-order valence-corrected chi connectivity index (χ4v) is 4.59. The molecule has 4 rings (SSSR count). The minimum absolute atomic E-state index is 0.0842. The van der Waals surface area contributed by atoms with E-state index in [0.29, 0.717) is 18.2 Å². The molecule has 116 valence electrons. The van der Waals surface area contributed by atoms with Gasteiger partial charge in [0.15, 0.2) is 10.8 Å². The summed E-state index contributed by atoms with van der Waals surface area (Å²) in [5, 5.41) is 20.5. The number of aliphatic imine (C=N–C) groups is 1. The number of benzene rings is 1. The molecule has 2 aliphatic heterocycles. The zero-order valence-electron chi connectivity index (χ0n) is 12.3. The molecule has 2 fully saturated rings. The first-order valence-electron chi connectivity index (χ1n) is 7.18. The van der Waals surface area contributed by atoms with Crippen molar-refractivity contribution in [1.29, 1.82) is 10.5 Å². The molecule has 1 aliphatic carbocycles. The number of nitriles is 2. The molecule has 1 saturated carbocycles. The van der Waals surface area contributed by atoms with Crippen LogP contribution in [0.3, 0.4) is 0 Å². The molecule has 2 heterocycles. The summed E-state index contributed by atoms with van der Waals surface area (Å²) in [5.41, 5.74) is 3.39. The van der Waals surface area contributed by atoms with E-state index in [1.54, 1.807) is 24.3 Å². The van der Waals surface area contributed by atoms with Crippen LogP contribution in [-0.4, -0.2) is 25.0 Å². The molecule has 0 amide bonds. The maximum atomic E-state index is 10.0. The third-order valence-electron chi connectivity index (χ3n) is 5.56. The highest BCUT2D eigenvalue weighted by atomic mass is 35.5. The van der Waals surface area contributed by atoms with Crippen LogP contribution in [0.1, 0.15) is 12.5 Å². The molecule has 3 atom stereocenters. The predicted molar refractivity (Wildman–Crippen MR) is 81.2 cm³/mol. The Bertz CT molecular complexity index is 818. The van der Waals surface area contributed by atoms with Crippen LogP contribution >= 0.6 is 11.6 Å². The van der Waals surface area contributed by atoms with Crippen molar-refractivity contribution in [3.05, 3.63) is 34.9 Å². The van der Waals surface area contributed by atoms with Crippen LogP contribution in [0.15, 0.2) is 29.3 Å². The van der Waals surface area contributed by atoms with Gasteiger partial charge in [-0.25, -0.2) is 4.99 Å². The van der Waals surface area contributed by atoms with Gasteiger partial charge in [-0.3, -0.25) is 0 Å². The van der Waals surface area contributed by atoms with E-state index in [9.17, 15) is 10.5 Å². The molecule has 0 bridgehead atoms. The summed E-state index contributed by atoms with van der Waals surface area (Å²) in [4.78, 5) is 4.25. The Morgan fingerprint density at radius 1 is 1.17 bits per heavy atom. The zero-order valence-corrected chi connectivity index (χ0v) is 13.1. The lowest BCUT2D eigenvalue weighted by Crippen LogP contribution is -2.42. The Labute approximate surface area is 138 Å². The summed E-state index contributed by atoms with van der Waals surface area (Å²) >= 11 is 5.96. The van der Waals surface area contributed by atoms with Gasteiger partial charge in [0.1, 0.15) is 5.84 Å². The second kappa shape index (κ2) is 4.04. The second-order valence-corrected chi connectivity index (χ2v) is 6.57. The SMILES string of the molecule is C[C@]1(c2ccc(Cl)cc2)[C@]2(C#N)C(N)=NC3(OCCO3)[C@@]21C#N. The summed E-state index contributed by atoms with van der Waals surface area (Å²) in [5.74, 6) is -1.43. The van der Waals surface area contributed by atoms with Gasteiger partial charge in [0, 0.05) is 10.4 Å². The van der Waals surface area contributed by atoms with E-state index < -0.39 is 22.2 Å². The van der Waals surface area contributed by atoms with Gasteiger partial charge in [-0.05, 0) is 17.7 Å². The molecule has 0 aromatic heterocycles. The number of fused-ring (bicyclic) bond motifs is 2. The minimum atomic E-state index is -1.52. The second-order valence-electron chi connectivity index (χ2n) is 6.13. The first-order valence-corrected chi connectivity index (χ1v) is 7.56. The van der Waals surface area contributed by atoms with Crippen LogP contribution in [0.5, 0.6) is 0 Å². The van der Waals surface area contributed by atoms with Crippen molar-refractivity contribution in [2.24, 2.45) is 21.6 Å². The monoisotopic (exact) mass is 328 g/mol. The average molecular weight is 329 g/mol. The molecule has 1 spiro atoms. The van der Waals surface area contributed by atoms with Crippen molar-refractivity contribution in [2.75, 3.05) is 13.2 Å². The van der Waals surface area contributed by atoms with Crippen LogP contribution in [0.2, 0.25) is 5.02 Å². The summed E-state index contributed by atoms with van der Waals surface area (Å²) in [7, 11) is 0. The Kier molecular flexibility index (Phi) is 2.54. The highest BCUT2D eigenvalue weighted by molar-refractivity contribution is 6.30. The Hall–Kier alpha value is -2.12. The molecule has 7 heteroatoms. The summed E-state index contributed by atoms with van der Waals surface area (Å²) in [6.45, 7) is 2.44. The molecule has 1 saturated heterocycles. The molecule has 6 nitrogen and oxygen atoms in total. The number of rotatable bonds is 1. The van der Waals surface area contributed by atoms with Gasteiger partial charge in [0.25, 0.3) is 5.91 Å². The summed E-state index contributed by atoms with van der Waals surface area (Å²) < 4.78 is 11.4. The normalized spacial score (nSPS) is 39.4. The van der Waals surface area contributed by atoms with E-state index in [1.807, 2.05) is 6.92 Å². The molecule has 2 N–H and O–H groups in total. The molecule has 1 aromatic rings. The zero-order chi connectivity index (χ0) is 16.5. The number of hydrogen-bond acceptors (Lipinski definition) is 6. The van der Waals surface area contributed by atoms with Crippen LogP contribution in [0.4, 0.5) is 0 Å². The standard InChI is InChI=1S/C16H13ClN4O2/c1-13(10-2-4-11(17)5-3-10)14(8-18)12(20)21-16(15(13,14)9-19)22-6-7-23-16/h2-5H,6-7H2,1H3,(H2,20,21)/t13-,14-,15+/m0/s1. The Morgan fingerprint density at radius 2 is 1.78 bits per heavy atom. The summed E-state index contributed by atoms with van der Waals surface area (Å²) in [6.07, 6.45) is 0. The van der Waals surface area contributed by atoms with Gasteiger partial charge in [-0.2, -0.15) is 10.5 Å². The number of ether oxygens (including phenoxy) is 2. The lowest BCUT2D eigenvalue weighted by atomic mass is 9.85. The topological polar surface area (TPSA) is 104 Å². The highest BCUT2D eigenvalue weighted by Crippen LogP contribution is 2.85. The lowest BCUT2D eigenvalue weighted by Gasteiger charge is -2.29. The first-order chi connectivity index (χ1) is 11.0. The fourth-order valence-electron chi connectivity index (χ4n) is 4.46. The van der Waals surface area contributed by atoms with Gasteiger partial charge >= 0.3 is 0 Å². The molecular formula is C16H13ClN4O2. The van der Waals surface area contributed by atoms with Gasteiger partial charge < -0.3 is 15.2 Å². The highest BCUT2D eigenvalue weighted by Gasteiger charge is 3.00. The molecule has 0 radical (unpaired) electrons. The molecule has 23 heavy (non-hydrogen) atoms.